The highest BCUT2D eigenvalue weighted by molar-refractivity contribution is 7.92. The van der Waals surface area contributed by atoms with E-state index in [4.69, 9.17) is 4.74 Å². The molecule has 2 heterocycles. The minimum Gasteiger partial charge on any atom is -0.487 e. The normalized spacial score (nSPS) is 17.2. The van der Waals surface area contributed by atoms with Crippen LogP contribution in [0.15, 0.2) is 23.1 Å². The molecule has 0 fully saturated rings. The van der Waals surface area contributed by atoms with Crippen LogP contribution in [0.25, 0.3) is 0 Å². The first-order chi connectivity index (χ1) is 13.6. The second-order valence-electron chi connectivity index (χ2n) is 8.85. The fourth-order valence-corrected chi connectivity index (χ4v) is 6.24. The van der Waals surface area contributed by atoms with Crippen molar-refractivity contribution in [2.75, 3.05) is 11.3 Å². The molecule has 2 aliphatic rings. The van der Waals surface area contributed by atoms with E-state index >= 15 is 0 Å². The highest BCUT2D eigenvalue weighted by Crippen LogP contribution is 2.42. The van der Waals surface area contributed by atoms with Gasteiger partial charge in [-0.05, 0) is 99.9 Å². The van der Waals surface area contributed by atoms with E-state index in [2.05, 4.69) is 30.0 Å². The Labute approximate surface area is 186 Å². The van der Waals surface area contributed by atoms with Gasteiger partial charge >= 0.3 is 0 Å². The van der Waals surface area contributed by atoms with Gasteiger partial charge in [0.25, 0.3) is 10.0 Å². The van der Waals surface area contributed by atoms with Crippen LogP contribution >= 0.6 is 12.4 Å². The van der Waals surface area contributed by atoms with Gasteiger partial charge in [-0.3, -0.25) is 4.72 Å². The molecule has 0 atom stereocenters. The Balaban J connectivity index is 0.00000256. The molecule has 30 heavy (non-hydrogen) atoms. The molecule has 7 heteroatoms. The molecule has 0 unspecified atom stereocenters. The monoisotopic (exact) mass is 450 g/mol. The summed E-state index contributed by atoms with van der Waals surface area (Å²) in [6.45, 7) is 11.5. The summed E-state index contributed by atoms with van der Waals surface area (Å²) in [4.78, 5) is 0.392. The molecule has 0 spiro atoms. The van der Waals surface area contributed by atoms with Crippen LogP contribution in [0.5, 0.6) is 5.75 Å². The summed E-state index contributed by atoms with van der Waals surface area (Å²) in [5.41, 5.74) is 6.20. The second kappa shape index (κ2) is 8.06. The van der Waals surface area contributed by atoms with E-state index in [-0.39, 0.29) is 18.0 Å². The number of benzene rings is 2. The van der Waals surface area contributed by atoms with Gasteiger partial charge in [-0.2, -0.15) is 0 Å². The van der Waals surface area contributed by atoms with E-state index in [1.54, 1.807) is 0 Å². The highest BCUT2D eigenvalue weighted by atomic mass is 35.5. The van der Waals surface area contributed by atoms with Gasteiger partial charge in [-0.25, -0.2) is 8.42 Å². The fourth-order valence-electron chi connectivity index (χ4n) is 4.57. The molecule has 5 nitrogen and oxygen atoms in total. The second-order valence-corrected chi connectivity index (χ2v) is 10.5. The van der Waals surface area contributed by atoms with Crippen molar-refractivity contribution in [2.24, 2.45) is 0 Å². The zero-order valence-electron chi connectivity index (χ0n) is 18.3. The lowest BCUT2D eigenvalue weighted by molar-refractivity contribution is 0.0832. The van der Waals surface area contributed by atoms with Crippen molar-refractivity contribution in [3.63, 3.8) is 0 Å². The maximum Gasteiger partial charge on any atom is 0.262 e. The molecule has 2 aromatic carbocycles. The Morgan fingerprint density at radius 3 is 2.50 bits per heavy atom. The third-order valence-electron chi connectivity index (χ3n) is 6.32. The van der Waals surface area contributed by atoms with Crippen LogP contribution in [0.3, 0.4) is 0 Å². The van der Waals surface area contributed by atoms with Crippen molar-refractivity contribution >= 4 is 28.1 Å². The minimum atomic E-state index is -3.72. The summed E-state index contributed by atoms with van der Waals surface area (Å²) in [6, 6.07) is 5.83. The summed E-state index contributed by atoms with van der Waals surface area (Å²) in [7, 11) is -3.72. The van der Waals surface area contributed by atoms with Gasteiger partial charge < -0.3 is 10.1 Å². The summed E-state index contributed by atoms with van der Waals surface area (Å²) >= 11 is 0. The number of anilines is 1. The zero-order valence-corrected chi connectivity index (χ0v) is 19.9. The first kappa shape index (κ1) is 22.9. The number of sulfonamides is 1. The molecule has 2 aromatic rings. The largest absolute Gasteiger partial charge is 0.487 e. The Hall–Kier alpha value is -1.76. The zero-order chi connectivity index (χ0) is 21.0. The van der Waals surface area contributed by atoms with Crippen LogP contribution < -0.4 is 14.8 Å². The van der Waals surface area contributed by atoms with Crippen molar-refractivity contribution < 1.29 is 13.2 Å². The highest BCUT2D eigenvalue weighted by Gasteiger charge is 2.33. The lowest BCUT2D eigenvalue weighted by Crippen LogP contribution is -2.34. The molecular weight excluding hydrogens is 420 g/mol. The van der Waals surface area contributed by atoms with E-state index in [9.17, 15) is 8.42 Å². The lowest BCUT2D eigenvalue weighted by Gasteiger charge is -2.35. The first-order valence-electron chi connectivity index (χ1n) is 10.3. The molecule has 2 aliphatic heterocycles. The topological polar surface area (TPSA) is 67.4 Å². The van der Waals surface area contributed by atoms with Gasteiger partial charge in [0, 0.05) is 6.54 Å². The van der Waals surface area contributed by atoms with Gasteiger partial charge in [0.2, 0.25) is 0 Å². The van der Waals surface area contributed by atoms with Crippen LogP contribution in [0, 0.1) is 20.8 Å². The van der Waals surface area contributed by atoms with Gasteiger partial charge in [0.15, 0.2) is 0 Å². The molecular formula is C23H31ClN2O3S. The van der Waals surface area contributed by atoms with Crippen LogP contribution in [0.2, 0.25) is 0 Å². The minimum absolute atomic E-state index is 0. The maximum absolute atomic E-state index is 13.5. The third kappa shape index (κ3) is 3.93. The molecule has 2 N–H and O–H groups in total. The predicted octanol–water partition coefficient (Wildman–Crippen LogP) is 4.58. The predicted molar refractivity (Wildman–Crippen MR) is 124 cm³/mol. The number of nitrogens with one attached hydrogen (secondary N) is 2. The van der Waals surface area contributed by atoms with Gasteiger partial charge in [-0.15, -0.1) is 12.4 Å². The summed E-state index contributed by atoms with van der Waals surface area (Å²) in [5, 5.41) is 3.34. The average Bonchev–Trinajstić information content (AvgIpc) is 2.65. The van der Waals surface area contributed by atoms with Crippen LogP contribution in [0.4, 0.5) is 5.69 Å². The van der Waals surface area contributed by atoms with E-state index in [0.717, 1.165) is 71.5 Å². The summed E-state index contributed by atoms with van der Waals surface area (Å²) < 4.78 is 36.2. The number of fused-ring (bicyclic) bond motifs is 2. The quantitative estimate of drug-likeness (QED) is 0.718. The number of ether oxygens (including phenoxy) is 1. The SMILES string of the molecule is Cc1c(C)c(S(=O)(=O)Nc2cccc3c2CCNC3)c(C)c2c1OC(C)(C)CC2.Cl. The van der Waals surface area contributed by atoms with Crippen molar-refractivity contribution in [1.29, 1.82) is 0 Å². The third-order valence-corrected chi connectivity index (χ3v) is 7.96. The van der Waals surface area contributed by atoms with Gasteiger partial charge in [0.1, 0.15) is 11.4 Å². The first-order valence-corrected chi connectivity index (χ1v) is 11.7. The fraction of sp³-hybridized carbons (Fsp3) is 0.478. The Morgan fingerprint density at radius 2 is 1.77 bits per heavy atom. The van der Waals surface area contributed by atoms with Crippen molar-refractivity contribution in [3.05, 3.63) is 51.6 Å². The molecule has 0 saturated heterocycles. The Morgan fingerprint density at radius 1 is 1.03 bits per heavy atom. The molecule has 164 valence electrons. The van der Waals surface area contributed by atoms with Crippen molar-refractivity contribution in [2.45, 2.75) is 70.9 Å². The Bertz CT molecular complexity index is 1090. The molecule has 0 aliphatic carbocycles. The molecule has 4 rings (SSSR count). The van der Waals surface area contributed by atoms with E-state index in [0.29, 0.717) is 10.6 Å². The van der Waals surface area contributed by atoms with Crippen LogP contribution in [0.1, 0.15) is 53.6 Å². The number of hydrogen-bond donors (Lipinski definition) is 2. The van der Waals surface area contributed by atoms with Gasteiger partial charge in [-0.1, -0.05) is 12.1 Å². The summed E-state index contributed by atoms with van der Waals surface area (Å²) in [6.07, 6.45) is 2.51. The van der Waals surface area contributed by atoms with Crippen molar-refractivity contribution in [3.8, 4) is 5.75 Å². The molecule has 0 bridgehead atoms. The van der Waals surface area contributed by atoms with E-state index < -0.39 is 10.0 Å². The number of halogens is 1. The molecule has 0 amide bonds. The number of hydrogen-bond acceptors (Lipinski definition) is 4. The maximum atomic E-state index is 13.5. The number of rotatable bonds is 3. The van der Waals surface area contributed by atoms with E-state index in [1.165, 1.54) is 0 Å². The Kier molecular flexibility index (Phi) is 6.16. The van der Waals surface area contributed by atoms with E-state index in [1.807, 2.05) is 32.9 Å². The van der Waals surface area contributed by atoms with Crippen molar-refractivity contribution in [1.82, 2.24) is 5.32 Å². The lowest BCUT2D eigenvalue weighted by atomic mass is 9.88. The molecule has 0 saturated carbocycles. The summed E-state index contributed by atoms with van der Waals surface area (Å²) in [5.74, 6) is 0.860. The standard InChI is InChI=1S/C23H30N2O3S.ClH/c1-14-15(2)22(16(3)18-9-11-23(4,5)28-21(14)18)29(26,27)25-20-8-6-7-17-13-24-12-10-19(17)20;/h6-8,24-25H,9-13H2,1-5H3;1H. The van der Waals surface area contributed by atoms with Crippen LogP contribution in [-0.2, 0) is 29.4 Å². The molecule has 0 radical (unpaired) electrons. The average molecular weight is 451 g/mol. The van der Waals surface area contributed by atoms with Gasteiger partial charge in [0.05, 0.1) is 10.6 Å². The molecule has 0 aromatic heterocycles. The van der Waals surface area contributed by atoms with Crippen LogP contribution in [-0.4, -0.2) is 20.6 Å². The smallest absolute Gasteiger partial charge is 0.262 e.